The predicted octanol–water partition coefficient (Wildman–Crippen LogP) is 10.0. The minimum absolute atomic E-state index is 0. The fraction of sp³-hybridized carbons (Fsp3) is 0.327. The molecule has 1 aliphatic rings. The van der Waals surface area contributed by atoms with E-state index in [4.69, 9.17) is 33.2 Å². The smallest absolute Gasteiger partial charge is 0.465 e. The molecule has 0 aromatic heterocycles. The third-order valence-electron chi connectivity index (χ3n) is 10.1. The Morgan fingerprint density at radius 2 is 1.11 bits per heavy atom. The zero-order valence-corrected chi connectivity index (χ0v) is 36.0. The van der Waals surface area contributed by atoms with E-state index in [1.807, 2.05) is 171 Å². The van der Waals surface area contributed by atoms with Crippen LogP contribution in [0.15, 0.2) is 176 Å². The number of hydrogen-bond acceptors (Lipinski definition) is 8. The van der Waals surface area contributed by atoms with Crippen molar-refractivity contribution in [3.05, 3.63) is 204 Å². The summed E-state index contributed by atoms with van der Waals surface area (Å²) in [7, 11) is 0. The Morgan fingerprint density at radius 3 is 1.62 bits per heavy atom. The van der Waals surface area contributed by atoms with Gasteiger partial charge < -0.3 is 33.2 Å². The van der Waals surface area contributed by atoms with Crippen LogP contribution in [0.3, 0.4) is 0 Å². The van der Waals surface area contributed by atoms with Crippen LogP contribution in [0.2, 0.25) is 0 Å². The predicted molar refractivity (Wildman–Crippen MR) is 233 cm³/mol. The first-order valence-electron chi connectivity index (χ1n) is 21.0. The van der Waals surface area contributed by atoms with Crippen LogP contribution in [0.5, 0.6) is 0 Å². The number of hydrogen-bond donors (Lipinski definition) is 0. The summed E-state index contributed by atoms with van der Waals surface area (Å²) in [4.78, 5) is 13.1. The molecule has 1 fully saturated rings. The summed E-state index contributed by atoms with van der Waals surface area (Å²) in [6.07, 6.45) is -0.699. The van der Waals surface area contributed by atoms with Crippen LogP contribution < -0.4 is 0 Å². The van der Waals surface area contributed by atoms with Crippen LogP contribution in [-0.2, 0) is 87.9 Å². The molecule has 0 aliphatic carbocycles. The summed E-state index contributed by atoms with van der Waals surface area (Å²) in [6, 6.07) is 58.4. The van der Waals surface area contributed by atoms with Gasteiger partial charge in [-0.15, -0.1) is 0 Å². The van der Waals surface area contributed by atoms with Gasteiger partial charge in [0, 0.05) is 0 Å². The summed E-state index contributed by atoms with van der Waals surface area (Å²) in [6.45, 7) is 3.81. The number of rotatable bonds is 22. The van der Waals surface area contributed by atoms with Crippen LogP contribution in [0.25, 0.3) is 0 Å². The fourth-order valence-electron chi connectivity index (χ4n) is 6.84. The van der Waals surface area contributed by atoms with Gasteiger partial charge in [-0.25, -0.2) is 24.3 Å². The minimum Gasteiger partial charge on any atom is -0.465 e. The number of aryl methyl sites for hydroxylation is 1. The first kappa shape index (κ1) is 47.4. The molecule has 6 atom stereocenters. The van der Waals surface area contributed by atoms with E-state index in [0.717, 1.165) is 41.5 Å². The molecule has 8 nitrogen and oxygen atoms in total. The number of benzene rings is 4. The van der Waals surface area contributed by atoms with Gasteiger partial charge in [-0.05, 0) is 42.0 Å². The molecule has 0 amide bonds. The molecule has 322 valence electrons. The van der Waals surface area contributed by atoms with Crippen LogP contribution in [0.4, 0.5) is 0 Å². The molecule has 0 radical (unpaired) electrons. The standard InChI is InChI=1S/C47H53O8.C5H5.Fe/c1-36(46(48)50-29-17-16-20-37-18-14-15-19-37)30-54-47-45(53-34-41-27-12-5-13-28-41)44(52-33-40-25-10-4-11-26-40)43(51-32-39-23-8-3-9-24-39)42(55-47)35-49-31-38-21-6-2-7-22-38;1-2-4-5-3-1;/h2-15,18-19,21-28,36,42-45,47H,16-17,20,29-35H2,1H3;1-5H;/q2*-1;+2/t36-,42-,43-,44+,45+,47?;;/m1../s1. The molecule has 1 unspecified atom stereocenters. The summed E-state index contributed by atoms with van der Waals surface area (Å²) in [5.41, 5.74) is 5.37. The number of esters is 1. The van der Waals surface area contributed by atoms with Gasteiger partial charge in [0.25, 0.3) is 0 Å². The van der Waals surface area contributed by atoms with Crippen LogP contribution in [0, 0.1) is 5.92 Å². The Kier molecular flexibility index (Phi) is 21.2. The van der Waals surface area contributed by atoms with Crippen LogP contribution in [0.1, 0.15) is 47.6 Å². The zero-order chi connectivity index (χ0) is 41.5. The quantitative estimate of drug-likeness (QED) is 0.0289. The third kappa shape index (κ3) is 16.6. The first-order chi connectivity index (χ1) is 29.6. The van der Waals surface area contributed by atoms with Gasteiger partial charge in [-0.3, -0.25) is 4.79 Å². The molecule has 0 N–H and O–H groups in total. The summed E-state index contributed by atoms with van der Waals surface area (Å²) in [5, 5.41) is 0. The van der Waals surface area contributed by atoms with Crippen molar-refractivity contribution in [3.63, 3.8) is 0 Å². The number of carbonyl (C=O) groups is 1. The van der Waals surface area contributed by atoms with E-state index in [-0.39, 0.29) is 36.3 Å². The van der Waals surface area contributed by atoms with Gasteiger partial charge in [0.05, 0.1) is 52.2 Å². The molecule has 7 rings (SSSR count). The Hall–Kier alpha value is -4.67. The van der Waals surface area contributed by atoms with Crippen LogP contribution in [-0.4, -0.2) is 56.5 Å². The van der Waals surface area contributed by atoms with E-state index in [0.29, 0.717) is 33.0 Å². The second kappa shape index (κ2) is 27.3. The van der Waals surface area contributed by atoms with E-state index in [2.05, 4.69) is 12.1 Å². The topological polar surface area (TPSA) is 81.7 Å². The summed E-state index contributed by atoms with van der Waals surface area (Å²) >= 11 is 0. The van der Waals surface area contributed by atoms with Crippen molar-refractivity contribution >= 4 is 5.97 Å². The fourth-order valence-corrected chi connectivity index (χ4v) is 6.84. The van der Waals surface area contributed by atoms with E-state index < -0.39 is 36.6 Å². The number of carbonyl (C=O) groups excluding carboxylic acids is 1. The maximum absolute atomic E-state index is 13.1. The molecule has 6 aromatic rings. The number of unbranched alkanes of at least 4 members (excludes halogenated alkanes) is 1. The summed E-state index contributed by atoms with van der Waals surface area (Å²) in [5.74, 6) is -0.841. The van der Waals surface area contributed by atoms with Crippen molar-refractivity contribution in [2.24, 2.45) is 5.92 Å². The van der Waals surface area contributed by atoms with E-state index >= 15 is 0 Å². The van der Waals surface area contributed by atoms with Gasteiger partial charge in [0.2, 0.25) is 0 Å². The average Bonchev–Trinajstić information content (AvgIpc) is 4.07. The van der Waals surface area contributed by atoms with Crippen molar-refractivity contribution in [1.29, 1.82) is 0 Å². The Bertz CT molecular complexity index is 1940. The Morgan fingerprint density at radius 1 is 0.590 bits per heavy atom. The Balaban J connectivity index is 0.00000109. The molecular formula is C52H58FeO8. The van der Waals surface area contributed by atoms with E-state index in [1.54, 1.807) is 0 Å². The Labute approximate surface area is 372 Å². The van der Waals surface area contributed by atoms with Crippen molar-refractivity contribution in [2.45, 2.75) is 83.3 Å². The number of ether oxygens (including phenoxy) is 7. The molecule has 9 heteroatoms. The molecule has 1 aliphatic heterocycles. The van der Waals surface area contributed by atoms with E-state index in [1.165, 1.54) is 5.56 Å². The minimum atomic E-state index is -0.897. The van der Waals surface area contributed by atoms with Crippen molar-refractivity contribution in [3.8, 4) is 0 Å². The van der Waals surface area contributed by atoms with E-state index in [9.17, 15) is 4.79 Å². The summed E-state index contributed by atoms with van der Waals surface area (Å²) < 4.78 is 45.4. The van der Waals surface area contributed by atoms with Gasteiger partial charge in [-0.1, -0.05) is 128 Å². The molecule has 0 bridgehead atoms. The molecule has 6 aromatic carbocycles. The normalized spacial score (nSPS) is 18.9. The second-order valence-corrected chi connectivity index (χ2v) is 14.9. The monoisotopic (exact) mass is 866 g/mol. The zero-order valence-electron chi connectivity index (χ0n) is 34.9. The maximum atomic E-state index is 13.1. The second-order valence-electron chi connectivity index (χ2n) is 14.9. The largest absolute Gasteiger partial charge is 2.00 e. The van der Waals surface area contributed by atoms with Gasteiger partial charge in [-0.2, -0.15) is 35.9 Å². The molecule has 61 heavy (non-hydrogen) atoms. The van der Waals surface area contributed by atoms with Gasteiger partial charge in [0.1, 0.15) is 24.4 Å². The van der Waals surface area contributed by atoms with Crippen molar-refractivity contribution in [2.75, 3.05) is 19.8 Å². The molecule has 0 spiro atoms. The third-order valence-corrected chi connectivity index (χ3v) is 10.1. The van der Waals surface area contributed by atoms with Crippen molar-refractivity contribution in [1.82, 2.24) is 0 Å². The van der Waals surface area contributed by atoms with Gasteiger partial charge >= 0.3 is 23.0 Å². The SMILES string of the molecule is C[C@H](COC1O[C@H](COCc2ccccc2)[C@@H](OCc2ccccc2)[C@H](OCc2ccccc2)[C@@H]1OCc1ccccc1)C(=O)OCCCCc1ccc[cH-]1.[Fe+2].c1cc[cH-]c1. The maximum Gasteiger partial charge on any atom is 2.00 e. The molecule has 0 saturated carbocycles. The molecular weight excluding hydrogens is 808 g/mol. The first-order valence-corrected chi connectivity index (χ1v) is 21.0. The molecule has 1 saturated heterocycles. The van der Waals surface area contributed by atoms with Gasteiger partial charge in [0.15, 0.2) is 6.29 Å². The average molecular weight is 867 g/mol. The van der Waals surface area contributed by atoms with Crippen molar-refractivity contribution < 1.29 is 55.0 Å². The van der Waals surface area contributed by atoms with Crippen LogP contribution >= 0.6 is 0 Å². The molecule has 1 heterocycles.